The van der Waals surface area contributed by atoms with Crippen LogP contribution in [0.15, 0.2) is 60.7 Å². The molecule has 0 heterocycles. The fourth-order valence-electron chi connectivity index (χ4n) is 2.30. The van der Waals surface area contributed by atoms with Gasteiger partial charge in [-0.2, -0.15) is 0 Å². The van der Waals surface area contributed by atoms with Crippen LogP contribution in [0, 0.1) is 12.1 Å². The zero-order valence-corrected chi connectivity index (χ0v) is 12.6. The molecule has 118 valence electrons. The predicted octanol–water partition coefficient (Wildman–Crippen LogP) is 4.10. The number of phenolic OH excluding ortho intramolecular Hbond substituents is 4. The minimum absolute atomic E-state index is 0.119. The second-order valence-corrected chi connectivity index (χ2v) is 5.23. The van der Waals surface area contributed by atoms with Crippen LogP contribution < -0.4 is 0 Å². The molecule has 4 heteroatoms. The van der Waals surface area contributed by atoms with E-state index < -0.39 is 0 Å². The van der Waals surface area contributed by atoms with E-state index in [2.05, 4.69) is 12.1 Å². The van der Waals surface area contributed by atoms with Crippen molar-refractivity contribution in [3.63, 3.8) is 0 Å². The highest BCUT2D eigenvalue weighted by Crippen LogP contribution is 2.23. The number of aromatic hydroxyl groups is 4. The fourth-order valence-corrected chi connectivity index (χ4v) is 2.30. The van der Waals surface area contributed by atoms with E-state index in [9.17, 15) is 0 Å². The average molecular weight is 318 g/mol. The first-order valence-corrected chi connectivity index (χ1v) is 7.19. The number of fused-ring (bicyclic) bond motifs is 2. The van der Waals surface area contributed by atoms with Crippen molar-refractivity contribution < 1.29 is 20.4 Å². The standard InChI is InChI=1S/2C10H7O2/c2*11-9-3-1-7-5-10(12)4-2-8(7)6-9/h2*1-5,11-12H. The Kier molecular flexibility index (Phi) is 4.12. The van der Waals surface area contributed by atoms with Crippen molar-refractivity contribution in [2.24, 2.45) is 0 Å². The molecule has 0 bridgehead atoms. The molecule has 0 aromatic heterocycles. The van der Waals surface area contributed by atoms with Crippen LogP contribution >= 0.6 is 0 Å². The van der Waals surface area contributed by atoms with E-state index in [1.165, 1.54) is 0 Å². The Balaban J connectivity index is 0.000000141. The summed E-state index contributed by atoms with van der Waals surface area (Å²) >= 11 is 0. The van der Waals surface area contributed by atoms with Crippen molar-refractivity contribution >= 4 is 21.5 Å². The highest BCUT2D eigenvalue weighted by atomic mass is 16.3. The third kappa shape index (κ3) is 3.50. The van der Waals surface area contributed by atoms with Gasteiger partial charge in [0.05, 0.1) is 0 Å². The van der Waals surface area contributed by atoms with Gasteiger partial charge in [-0.05, 0) is 70.1 Å². The van der Waals surface area contributed by atoms with Crippen LogP contribution in [-0.4, -0.2) is 20.4 Å². The molecule has 4 aromatic rings. The van der Waals surface area contributed by atoms with Crippen LogP contribution in [0.25, 0.3) is 21.5 Å². The van der Waals surface area contributed by atoms with Gasteiger partial charge in [0.25, 0.3) is 0 Å². The van der Waals surface area contributed by atoms with E-state index in [0.29, 0.717) is 0 Å². The van der Waals surface area contributed by atoms with Crippen molar-refractivity contribution in [2.75, 3.05) is 0 Å². The summed E-state index contributed by atoms with van der Waals surface area (Å²) in [7, 11) is 0. The molecule has 0 spiro atoms. The summed E-state index contributed by atoms with van der Waals surface area (Å²) in [6.07, 6.45) is 0. The Labute approximate surface area is 138 Å². The molecule has 4 aromatic carbocycles. The highest BCUT2D eigenvalue weighted by Gasteiger charge is 1.97. The largest absolute Gasteiger partial charge is 0.508 e. The van der Waals surface area contributed by atoms with Crippen molar-refractivity contribution in [1.82, 2.24) is 0 Å². The van der Waals surface area contributed by atoms with Gasteiger partial charge in [0.1, 0.15) is 23.0 Å². The van der Waals surface area contributed by atoms with Crippen molar-refractivity contribution in [2.45, 2.75) is 0 Å². The number of rotatable bonds is 0. The summed E-state index contributed by atoms with van der Waals surface area (Å²) in [6, 6.07) is 21.9. The van der Waals surface area contributed by atoms with Crippen LogP contribution in [0.3, 0.4) is 0 Å². The smallest absolute Gasteiger partial charge is 0.124 e. The van der Waals surface area contributed by atoms with E-state index in [1.807, 2.05) is 0 Å². The van der Waals surface area contributed by atoms with E-state index in [-0.39, 0.29) is 23.0 Å². The lowest BCUT2D eigenvalue weighted by Gasteiger charge is -1.97. The van der Waals surface area contributed by atoms with Crippen LogP contribution in [0.1, 0.15) is 0 Å². The van der Waals surface area contributed by atoms with E-state index in [1.54, 1.807) is 60.7 Å². The van der Waals surface area contributed by atoms with Crippen LogP contribution in [0.2, 0.25) is 0 Å². The maximum absolute atomic E-state index is 9.12. The second kappa shape index (κ2) is 6.38. The normalized spacial score (nSPS) is 10.3. The quantitative estimate of drug-likeness (QED) is 0.393. The minimum Gasteiger partial charge on any atom is -0.508 e. The van der Waals surface area contributed by atoms with Gasteiger partial charge in [-0.25, -0.2) is 0 Å². The minimum atomic E-state index is 0.119. The molecule has 2 radical (unpaired) electrons. The Morgan fingerprint density at radius 3 is 1.33 bits per heavy atom. The molecular weight excluding hydrogens is 304 g/mol. The maximum atomic E-state index is 9.12. The van der Waals surface area contributed by atoms with E-state index in [4.69, 9.17) is 20.4 Å². The lowest BCUT2D eigenvalue weighted by molar-refractivity contribution is 0.473. The average Bonchev–Trinajstić information content (AvgIpc) is 2.56. The van der Waals surface area contributed by atoms with E-state index >= 15 is 0 Å². The molecule has 0 atom stereocenters. The van der Waals surface area contributed by atoms with Gasteiger partial charge in [0.15, 0.2) is 0 Å². The lowest BCUT2D eigenvalue weighted by Crippen LogP contribution is -1.72. The summed E-state index contributed by atoms with van der Waals surface area (Å²) in [6.45, 7) is 0. The van der Waals surface area contributed by atoms with Gasteiger partial charge in [0, 0.05) is 12.1 Å². The van der Waals surface area contributed by atoms with Gasteiger partial charge in [0.2, 0.25) is 0 Å². The third-order valence-electron chi connectivity index (χ3n) is 3.44. The summed E-state index contributed by atoms with van der Waals surface area (Å²) in [5.41, 5.74) is 0. The van der Waals surface area contributed by atoms with Crippen LogP contribution in [-0.2, 0) is 0 Å². The summed E-state index contributed by atoms with van der Waals surface area (Å²) in [5, 5.41) is 39.7. The first-order valence-electron chi connectivity index (χ1n) is 7.19. The van der Waals surface area contributed by atoms with Gasteiger partial charge in [-0.1, -0.05) is 12.1 Å². The van der Waals surface area contributed by atoms with Crippen molar-refractivity contribution in [1.29, 1.82) is 0 Å². The molecule has 4 nitrogen and oxygen atoms in total. The Bertz CT molecular complexity index is 843. The lowest BCUT2D eigenvalue weighted by atomic mass is 10.1. The first kappa shape index (κ1) is 15.5. The molecule has 0 fully saturated rings. The Hall–Kier alpha value is -3.40. The molecule has 0 amide bonds. The zero-order valence-electron chi connectivity index (χ0n) is 12.6. The molecule has 0 saturated carbocycles. The van der Waals surface area contributed by atoms with Gasteiger partial charge in [-0.15, -0.1) is 0 Å². The molecular formula is C20H14O4. The van der Waals surface area contributed by atoms with Crippen molar-refractivity contribution in [3.8, 4) is 23.0 Å². The molecule has 24 heavy (non-hydrogen) atoms. The monoisotopic (exact) mass is 318 g/mol. The van der Waals surface area contributed by atoms with Gasteiger partial charge < -0.3 is 20.4 Å². The SMILES string of the molecule is Oc1[c]c2ccc(O)cc2cc1.Oc1[c]c2ccc(O)cc2cc1. The number of phenols is 4. The third-order valence-corrected chi connectivity index (χ3v) is 3.44. The molecule has 0 aliphatic carbocycles. The van der Waals surface area contributed by atoms with Crippen LogP contribution in [0.4, 0.5) is 0 Å². The Morgan fingerprint density at radius 2 is 0.917 bits per heavy atom. The molecule has 0 aliphatic rings. The molecule has 0 saturated heterocycles. The summed E-state index contributed by atoms with van der Waals surface area (Å²) in [4.78, 5) is 0. The maximum Gasteiger partial charge on any atom is 0.124 e. The second-order valence-electron chi connectivity index (χ2n) is 5.23. The van der Waals surface area contributed by atoms with Crippen molar-refractivity contribution in [3.05, 3.63) is 72.8 Å². The molecule has 0 unspecified atom stereocenters. The molecule has 4 N–H and O–H groups in total. The fraction of sp³-hybridized carbons (Fsp3) is 0. The Morgan fingerprint density at radius 1 is 0.500 bits per heavy atom. The predicted molar refractivity (Wildman–Crippen MR) is 92.2 cm³/mol. The molecule has 4 rings (SSSR count). The zero-order chi connectivity index (χ0) is 17.1. The number of hydrogen-bond acceptors (Lipinski definition) is 4. The topological polar surface area (TPSA) is 80.9 Å². The molecule has 0 aliphatic heterocycles. The first-order chi connectivity index (χ1) is 11.5. The number of benzene rings is 4. The van der Waals surface area contributed by atoms with Gasteiger partial charge >= 0.3 is 0 Å². The summed E-state index contributed by atoms with van der Waals surface area (Å²) < 4.78 is 0. The highest BCUT2D eigenvalue weighted by molar-refractivity contribution is 5.85. The van der Waals surface area contributed by atoms with Crippen LogP contribution in [0.5, 0.6) is 23.0 Å². The number of hydrogen-bond donors (Lipinski definition) is 4. The summed E-state index contributed by atoms with van der Waals surface area (Å²) in [5.74, 6) is 0.685. The van der Waals surface area contributed by atoms with E-state index in [0.717, 1.165) is 21.5 Å². The van der Waals surface area contributed by atoms with Gasteiger partial charge in [-0.3, -0.25) is 0 Å².